The molecule has 1 unspecified atom stereocenters. The maximum Gasteiger partial charge on any atom is 0.166 e. The lowest BCUT2D eigenvalue weighted by atomic mass is 9.85. The Morgan fingerprint density at radius 1 is 1.00 bits per heavy atom. The van der Waals surface area contributed by atoms with E-state index in [4.69, 9.17) is 9.47 Å². The monoisotopic (exact) mass is 459 g/mol. The molecular weight excluding hydrogens is 430 g/mol. The molecule has 4 nitrogen and oxygen atoms in total. The molecule has 4 rings (SSSR count). The third-order valence-electron chi connectivity index (χ3n) is 6.29. The second kappa shape index (κ2) is 9.77. The number of fused-ring (bicyclic) bond motifs is 1. The minimum atomic E-state index is 0. The van der Waals surface area contributed by atoms with Gasteiger partial charge >= 0.3 is 0 Å². The highest BCUT2D eigenvalue weighted by Crippen LogP contribution is 2.39. The van der Waals surface area contributed by atoms with Crippen LogP contribution in [0.4, 0.5) is 0 Å². The van der Waals surface area contributed by atoms with E-state index in [0.29, 0.717) is 17.4 Å². The van der Waals surface area contributed by atoms with E-state index in [1.54, 1.807) is 14.2 Å². The number of nitrogens with zero attached hydrogens (tertiary/aromatic N) is 1. The second-order valence-electron chi connectivity index (χ2n) is 8.07. The number of ether oxygens (including phenoxy) is 2. The van der Waals surface area contributed by atoms with Gasteiger partial charge < -0.3 is 9.47 Å². The van der Waals surface area contributed by atoms with Crippen molar-refractivity contribution in [3.8, 4) is 11.5 Å². The summed E-state index contributed by atoms with van der Waals surface area (Å²) in [6.07, 6.45) is 4.19. The van der Waals surface area contributed by atoms with Gasteiger partial charge in [0.1, 0.15) is 0 Å². The van der Waals surface area contributed by atoms with Crippen molar-refractivity contribution < 1.29 is 14.3 Å². The van der Waals surface area contributed by atoms with Crippen LogP contribution in [-0.4, -0.2) is 38.0 Å². The normalized spacial score (nSPS) is 19.5. The zero-order valence-electron chi connectivity index (χ0n) is 17.2. The van der Waals surface area contributed by atoms with Crippen LogP contribution < -0.4 is 9.47 Å². The Labute approximate surface area is 184 Å². The van der Waals surface area contributed by atoms with Crippen LogP contribution in [0.3, 0.4) is 0 Å². The average molecular weight is 460 g/mol. The molecule has 0 bridgehead atoms. The summed E-state index contributed by atoms with van der Waals surface area (Å²) in [6, 6.07) is 14.5. The smallest absolute Gasteiger partial charge is 0.166 e. The number of carbonyl (C=O) groups excluding carboxylic acids is 1. The van der Waals surface area contributed by atoms with E-state index in [9.17, 15) is 4.79 Å². The molecule has 1 aliphatic heterocycles. The van der Waals surface area contributed by atoms with Crippen LogP contribution in [0, 0.1) is 11.8 Å². The third-order valence-corrected chi connectivity index (χ3v) is 6.29. The first-order chi connectivity index (χ1) is 13.7. The first-order valence-corrected chi connectivity index (χ1v) is 10.2. The van der Waals surface area contributed by atoms with Crippen molar-refractivity contribution in [2.24, 2.45) is 11.8 Å². The van der Waals surface area contributed by atoms with Crippen molar-refractivity contribution in [2.45, 2.75) is 32.2 Å². The zero-order valence-corrected chi connectivity index (χ0v) is 18.9. The number of benzene rings is 2. The Balaban J connectivity index is 0.00000240. The molecule has 0 radical (unpaired) electrons. The number of methoxy groups -OCH3 is 2. The largest absolute Gasteiger partial charge is 0.493 e. The van der Waals surface area contributed by atoms with E-state index < -0.39 is 0 Å². The van der Waals surface area contributed by atoms with E-state index in [1.807, 2.05) is 12.1 Å². The molecule has 1 fully saturated rings. The van der Waals surface area contributed by atoms with Crippen molar-refractivity contribution in [3.05, 3.63) is 59.2 Å². The summed E-state index contributed by atoms with van der Waals surface area (Å²) >= 11 is 0. The second-order valence-corrected chi connectivity index (χ2v) is 8.07. The van der Waals surface area contributed by atoms with Crippen LogP contribution in [0.25, 0.3) is 0 Å². The number of hydrogen-bond donors (Lipinski definition) is 0. The lowest BCUT2D eigenvalue weighted by Crippen LogP contribution is -2.34. The molecule has 29 heavy (non-hydrogen) atoms. The van der Waals surface area contributed by atoms with Crippen LogP contribution in [0.5, 0.6) is 11.5 Å². The molecule has 0 N–H and O–H groups in total. The first kappa shape index (κ1) is 21.8. The van der Waals surface area contributed by atoms with Gasteiger partial charge in [-0.3, -0.25) is 9.69 Å². The SMILES string of the molecule is Br.COc1cc2c(cc1OC)C(=O)C(CC1CCN(Cc3ccccc3)CC1)C2. The summed E-state index contributed by atoms with van der Waals surface area (Å²) < 4.78 is 10.8. The van der Waals surface area contributed by atoms with E-state index in [0.717, 1.165) is 43.6 Å². The molecule has 2 aromatic rings. The van der Waals surface area contributed by atoms with E-state index in [2.05, 4.69) is 35.2 Å². The van der Waals surface area contributed by atoms with Gasteiger partial charge in [0.05, 0.1) is 14.2 Å². The summed E-state index contributed by atoms with van der Waals surface area (Å²) in [5.41, 5.74) is 3.31. The Kier molecular flexibility index (Phi) is 7.36. The van der Waals surface area contributed by atoms with Gasteiger partial charge in [0.2, 0.25) is 0 Å². The van der Waals surface area contributed by atoms with Crippen LogP contribution in [0.2, 0.25) is 0 Å². The fourth-order valence-corrected chi connectivity index (χ4v) is 4.71. The molecule has 0 saturated carbocycles. The lowest BCUT2D eigenvalue weighted by molar-refractivity contribution is 0.0895. The molecule has 1 aliphatic carbocycles. The fourth-order valence-electron chi connectivity index (χ4n) is 4.71. The Morgan fingerprint density at radius 2 is 1.66 bits per heavy atom. The van der Waals surface area contributed by atoms with Crippen LogP contribution in [0.15, 0.2) is 42.5 Å². The number of likely N-dealkylation sites (tertiary alicyclic amines) is 1. The van der Waals surface area contributed by atoms with Crippen LogP contribution in [0.1, 0.15) is 40.7 Å². The maximum atomic E-state index is 12.9. The third kappa shape index (κ3) is 4.84. The van der Waals surface area contributed by atoms with Gasteiger partial charge in [-0.25, -0.2) is 0 Å². The summed E-state index contributed by atoms with van der Waals surface area (Å²) in [4.78, 5) is 15.5. The van der Waals surface area contributed by atoms with Gasteiger partial charge in [-0.05, 0) is 68.0 Å². The predicted octanol–water partition coefficient (Wildman–Crippen LogP) is 4.94. The van der Waals surface area contributed by atoms with Crippen molar-refractivity contribution in [2.75, 3.05) is 27.3 Å². The summed E-state index contributed by atoms with van der Waals surface area (Å²) in [6.45, 7) is 3.27. The van der Waals surface area contributed by atoms with Crippen LogP contribution in [-0.2, 0) is 13.0 Å². The lowest BCUT2D eigenvalue weighted by Gasteiger charge is -2.32. The first-order valence-electron chi connectivity index (χ1n) is 10.2. The van der Waals surface area contributed by atoms with Crippen molar-refractivity contribution in [3.63, 3.8) is 0 Å². The van der Waals surface area contributed by atoms with Gasteiger partial charge in [0.15, 0.2) is 17.3 Å². The van der Waals surface area contributed by atoms with E-state index >= 15 is 0 Å². The zero-order chi connectivity index (χ0) is 19.5. The molecule has 5 heteroatoms. The van der Waals surface area contributed by atoms with E-state index in [-0.39, 0.29) is 28.7 Å². The maximum absolute atomic E-state index is 12.9. The van der Waals surface area contributed by atoms with Crippen molar-refractivity contribution >= 4 is 22.8 Å². The van der Waals surface area contributed by atoms with E-state index in [1.165, 1.54) is 18.4 Å². The fraction of sp³-hybridized carbons (Fsp3) is 0.458. The number of halogens is 1. The molecule has 156 valence electrons. The number of hydrogen-bond acceptors (Lipinski definition) is 4. The van der Waals surface area contributed by atoms with Crippen molar-refractivity contribution in [1.29, 1.82) is 0 Å². The number of rotatable bonds is 6. The van der Waals surface area contributed by atoms with Gasteiger partial charge in [-0.2, -0.15) is 0 Å². The topological polar surface area (TPSA) is 38.8 Å². The molecule has 2 aromatic carbocycles. The minimum Gasteiger partial charge on any atom is -0.493 e. The summed E-state index contributed by atoms with van der Waals surface area (Å²) in [5, 5.41) is 0. The van der Waals surface area contributed by atoms with Crippen LogP contribution >= 0.6 is 17.0 Å². The molecule has 1 atom stereocenters. The molecule has 0 aromatic heterocycles. The van der Waals surface area contributed by atoms with Gasteiger partial charge in [-0.15, -0.1) is 17.0 Å². The number of piperidine rings is 1. The Bertz CT molecular complexity index is 832. The standard InChI is InChI=1S/C24H29NO3.BrH/c1-27-22-14-19-13-20(24(26)21(19)15-23(22)28-2)12-17-8-10-25(11-9-17)16-18-6-4-3-5-7-18;/h3-7,14-15,17,20H,8-13,16H2,1-2H3;1H. The molecule has 1 saturated heterocycles. The number of carbonyl (C=O) groups is 1. The van der Waals surface area contributed by atoms with Gasteiger partial charge in [0, 0.05) is 18.0 Å². The highest BCUT2D eigenvalue weighted by molar-refractivity contribution is 8.93. The molecular formula is C24H30BrNO3. The number of ketones is 1. The van der Waals surface area contributed by atoms with Gasteiger partial charge in [0.25, 0.3) is 0 Å². The molecule has 1 heterocycles. The number of Topliss-reactive ketones (excluding diaryl/α,β-unsaturated/α-hetero) is 1. The predicted molar refractivity (Wildman–Crippen MR) is 120 cm³/mol. The summed E-state index contributed by atoms with van der Waals surface area (Å²) in [5.74, 6) is 2.38. The summed E-state index contributed by atoms with van der Waals surface area (Å²) in [7, 11) is 3.26. The highest BCUT2D eigenvalue weighted by atomic mass is 79.9. The molecule has 0 amide bonds. The Morgan fingerprint density at radius 3 is 2.31 bits per heavy atom. The van der Waals surface area contributed by atoms with Gasteiger partial charge in [-0.1, -0.05) is 30.3 Å². The minimum absolute atomic E-state index is 0. The quantitative estimate of drug-likeness (QED) is 0.612. The Hall–Kier alpha value is -1.85. The molecule has 2 aliphatic rings. The highest BCUT2D eigenvalue weighted by Gasteiger charge is 2.34. The molecule has 0 spiro atoms. The van der Waals surface area contributed by atoms with Crippen molar-refractivity contribution in [1.82, 2.24) is 4.90 Å². The average Bonchev–Trinajstić information content (AvgIpc) is 3.03.